The fourth-order valence-corrected chi connectivity index (χ4v) is 4.04. The first kappa shape index (κ1) is 18.3. The van der Waals surface area contributed by atoms with Crippen LogP contribution in [0.5, 0.6) is 0 Å². The number of para-hydroxylation sites is 2. The summed E-state index contributed by atoms with van der Waals surface area (Å²) >= 11 is 6.42. The second kappa shape index (κ2) is 8.28. The van der Waals surface area contributed by atoms with Gasteiger partial charge in [0.25, 0.3) is 0 Å². The molecule has 0 atom stereocenters. The number of nitrogens with one attached hydrogen (secondary N) is 1. The van der Waals surface area contributed by atoms with Gasteiger partial charge in [0.2, 0.25) is 0 Å². The van der Waals surface area contributed by atoms with Crippen molar-refractivity contribution in [2.24, 2.45) is 5.92 Å². The summed E-state index contributed by atoms with van der Waals surface area (Å²) in [5.74, 6) is 2.51. The van der Waals surface area contributed by atoms with Gasteiger partial charge in [-0.15, -0.1) is 0 Å². The summed E-state index contributed by atoms with van der Waals surface area (Å²) in [6, 6.07) is 11.9. The van der Waals surface area contributed by atoms with Crippen molar-refractivity contribution in [2.45, 2.75) is 25.7 Å². The summed E-state index contributed by atoms with van der Waals surface area (Å²) in [5.41, 5.74) is 2.71. The Kier molecular flexibility index (Phi) is 5.60. The lowest BCUT2D eigenvalue weighted by molar-refractivity contribution is 0.211. The fraction of sp³-hybridized carbons (Fsp3) is 0.429. The predicted molar refractivity (Wildman–Crippen MR) is 112 cm³/mol. The van der Waals surface area contributed by atoms with E-state index in [1.165, 1.54) is 38.8 Å². The highest BCUT2D eigenvalue weighted by Crippen LogP contribution is 2.26. The van der Waals surface area contributed by atoms with Crippen LogP contribution in [-0.4, -0.2) is 45.6 Å². The van der Waals surface area contributed by atoms with Crippen molar-refractivity contribution >= 4 is 28.6 Å². The first-order valence-corrected chi connectivity index (χ1v) is 10.1. The summed E-state index contributed by atoms with van der Waals surface area (Å²) in [5, 5.41) is 3.43. The summed E-state index contributed by atoms with van der Waals surface area (Å²) in [6.45, 7) is 3.45. The van der Waals surface area contributed by atoms with Crippen LogP contribution >= 0.6 is 11.8 Å². The van der Waals surface area contributed by atoms with Gasteiger partial charge >= 0.3 is 0 Å². The molecule has 3 aromatic rings. The third kappa shape index (κ3) is 4.25. The van der Waals surface area contributed by atoms with E-state index >= 15 is 0 Å². The average molecular weight is 384 g/mol. The van der Waals surface area contributed by atoms with E-state index in [0.29, 0.717) is 0 Å². The normalized spacial score (nSPS) is 16.1. The predicted octanol–water partition coefficient (Wildman–Crippen LogP) is 4.63. The van der Waals surface area contributed by atoms with Crippen molar-refractivity contribution in [3.63, 3.8) is 0 Å². The number of likely N-dealkylation sites (tertiary alicyclic amines) is 1. The number of rotatable bonds is 6. The van der Waals surface area contributed by atoms with Crippen LogP contribution in [0.2, 0.25) is 0 Å². The molecule has 1 fully saturated rings. The Morgan fingerprint density at radius 1 is 1.15 bits per heavy atom. The number of hydrogen-bond donors (Lipinski definition) is 1. The van der Waals surface area contributed by atoms with Crippen molar-refractivity contribution in [3.05, 3.63) is 42.6 Å². The van der Waals surface area contributed by atoms with Crippen LogP contribution in [-0.2, 0) is 0 Å². The molecule has 142 valence electrons. The van der Waals surface area contributed by atoms with Crippen LogP contribution in [0.15, 0.2) is 42.6 Å². The van der Waals surface area contributed by atoms with Crippen molar-refractivity contribution < 1.29 is 0 Å². The van der Waals surface area contributed by atoms with Gasteiger partial charge in [-0.2, -0.15) is 0 Å². The van der Waals surface area contributed by atoms with E-state index in [1.54, 1.807) is 4.09 Å². The van der Waals surface area contributed by atoms with E-state index < -0.39 is 0 Å². The summed E-state index contributed by atoms with van der Waals surface area (Å²) in [4.78, 5) is 11.6. The number of hydrogen-bond acceptors (Lipinski definition) is 4. The Balaban J connectivity index is 1.31. The van der Waals surface area contributed by atoms with Crippen molar-refractivity contribution in [3.8, 4) is 11.4 Å². The Bertz CT molecular complexity index is 881. The number of halogens is 1. The fourth-order valence-electron chi connectivity index (χ4n) is 3.76. The maximum Gasteiger partial charge on any atom is 0.157 e. The molecule has 0 saturated carbocycles. The minimum Gasteiger partial charge on any atom is -0.370 e. The van der Waals surface area contributed by atoms with Crippen LogP contribution < -0.4 is 5.32 Å². The Hall–Kier alpha value is -2.11. The zero-order valence-electron chi connectivity index (χ0n) is 15.7. The topological polar surface area (TPSA) is 46.0 Å². The molecule has 1 aliphatic rings. The van der Waals surface area contributed by atoms with Crippen molar-refractivity contribution in [1.82, 2.24) is 19.0 Å². The molecule has 2 aromatic heterocycles. The van der Waals surface area contributed by atoms with Gasteiger partial charge in [-0.05, 0) is 76.0 Å². The molecular weight excluding hydrogens is 358 g/mol. The summed E-state index contributed by atoms with van der Waals surface area (Å²) < 4.78 is 1.60. The largest absolute Gasteiger partial charge is 0.370 e. The molecule has 1 aromatic carbocycles. The van der Waals surface area contributed by atoms with Crippen molar-refractivity contribution in [1.29, 1.82) is 0 Å². The lowest BCUT2D eigenvalue weighted by Crippen LogP contribution is -2.30. The summed E-state index contributed by atoms with van der Waals surface area (Å²) in [6.07, 6.45) is 7.00. The molecule has 1 aliphatic heterocycles. The van der Waals surface area contributed by atoms with E-state index in [-0.39, 0.29) is 0 Å². The third-order valence-corrected chi connectivity index (χ3v) is 5.80. The number of aromatic nitrogens is 3. The Morgan fingerprint density at radius 2 is 1.96 bits per heavy atom. The number of anilines is 1. The van der Waals surface area contributed by atoms with Crippen LogP contribution in [0, 0.1) is 5.92 Å². The Labute approximate surface area is 165 Å². The van der Waals surface area contributed by atoms with Gasteiger partial charge < -0.3 is 10.2 Å². The third-order valence-electron chi connectivity index (χ3n) is 5.46. The van der Waals surface area contributed by atoms with Crippen LogP contribution in [0.4, 0.5) is 5.82 Å². The molecule has 0 bridgehead atoms. The van der Waals surface area contributed by atoms with Crippen LogP contribution in [0.25, 0.3) is 22.4 Å². The zero-order valence-corrected chi connectivity index (χ0v) is 16.5. The molecule has 3 heterocycles. The molecule has 0 spiro atoms. The van der Waals surface area contributed by atoms with Gasteiger partial charge in [0.1, 0.15) is 5.82 Å². The highest BCUT2D eigenvalue weighted by Gasteiger charge is 2.16. The van der Waals surface area contributed by atoms with E-state index in [0.717, 1.165) is 40.7 Å². The van der Waals surface area contributed by atoms with Gasteiger partial charge in [-0.25, -0.2) is 14.1 Å². The standard InChI is InChI=1S/C21H26ClN5/c1-26-13-10-16(11-14-26)5-4-12-23-20-9-8-17(15-24-20)21-25-18-6-2-3-7-19(18)27(21)22/h2-3,6-9,15-16H,4-5,10-14H2,1H3,(H,23,24). The molecule has 5 nitrogen and oxygen atoms in total. The second-order valence-electron chi connectivity index (χ2n) is 7.45. The quantitative estimate of drug-likeness (QED) is 0.630. The number of piperidine rings is 1. The monoisotopic (exact) mass is 383 g/mol. The van der Waals surface area contributed by atoms with Crippen LogP contribution in [0.1, 0.15) is 25.7 Å². The highest BCUT2D eigenvalue weighted by molar-refractivity contribution is 6.20. The number of imidazole rings is 1. The molecule has 4 rings (SSSR count). The molecule has 27 heavy (non-hydrogen) atoms. The van der Waals surface area contributed by atoms with Gasteiger partial charge in [0.15, 0.2) is 5.82 Å². The SMILES string of the molecule is CN1CCC(CCCNc2ccc(-c3nc4ccccc4n3Cl)cn2)CC1. The van der Waals surface area contributed by atoms with E-state index in [2.05, 4.69) is 27.2 Å². The molecule has 0 unspecified atom stereocenters. The zero-order chi connectivity index (χ0) is 18.6. The maximum absolute atomic E-state index is 6.42. The van der Waals surface area contributed by atoms with E-state index in [9.17, 15) is 0 Å². The summed E-state index contributed by atoms with van der Waals surface area (Å²) in [7, 11) is 2.21. The highest BCUT2D eigenvalue weighted by atomic mass is 35.5. The molecule has 0 amide bonds. The minimum absolute atomic E-state index is 0.721. The average Bonchev–Trinajstić information content (AvgIpc) is 3.04. The molecule has 1 saturated heterocycles. The molecule has 1 N–H and O–H groups in total. The van der Waals surface area contributed by atoms with E-state index in [1.807, 2.05) is 42.6 Å². The Morgan fingerprint density at radius 3 is 2.70 bits per heavy atom. The lowest BCUT2D eigenvalue weighted by atomic mass is 9.92. The first-order valence-electron chi connectivity index (χ1n) is 9.73. The minimum atomic E-state index is 0.721. The number of nitrogens with zero attached hydrogens (tertiary/aromatic N) is 4. The molecule has 6 heteroatoms. The van der Waals surface area contributed by atoms with E-state index in [4.69, 9.17) is 11.8 Å². The molecule has 0 aliphatic carbocycles. The number of fused-ring (bicyclic) bond motifs is 1. The smallest absolute Gasteiger partial charge is 0.157 e. The number of pyridine rings is 1. The number of benzene rings is 1. The van der Waals surface area contributed by atoms with Crippen molar-refractivity contribution in [2.75, 3.05) is 32.0 Å². The lowest BCUT2D eigenvalue weighted by Gasteiger charge is -2.28. The van der Waals surface area contributed by atoms with Gasteiger partial charge in [0, 0.05) is 30.1 Å². The van der Waals surface area contributed by atoms with Gasteiger partial charge in [-0.1, -0.05) is 12.1 Å². The molecular formula is C21H26ClN5. The maximum atomic E-state index is 6.42. The van der Waals surface area contributed by atoms with Crippen LogP contribution in [0.3, 0.4) is 0 Å². The van der Waals surface area contributed by atoms with Gasteiger partial charge in [0.05, 0.1) is 11.0 Å². The second-order valence-corrected chi connectivity index (χ2v) is 7.79. The molecule has 0 radical (unpaired) electrons. The van der Waals surface area contributed by atoms with Gasteiger partial charge in [-0.3, -0.25) is 0 Å². The first-order chi connectivity index (χ1) is 13.2.